The van der Waals surface area contributed by atoms with E-state index in [2.05, 4.69) is 16.0 Å². The van der Waals surface area contributed by atoms with Crippen LogP contribution in [-0.2, 0) is 9.59 Å². The average Bonchev–Trinajstić information content (AvgIpc) is 2.79. The molecule has 3 N–H and O–H groups in total. The fourth-order valence-electron chi connectivity index (χ4n) is 1.74. The van der Waals surface area contributed by atoms with Crippen molar-refractivity contribution in [2.75, 3.05) is 19.6 Å². The van der Waals surface area contributed by atoms with Crippen molar-refractivity contribution in [3.63, 3.8) is 0 Å². The van der Waals surface area contributed by atoms with Crippen molar-refractivity contribution >= 4 is 11.8 Å². The van der Waals surface area contributed by atoms with E-state index in [1.807, 2.05) is 13.8 Å². The summed E-state index contributed by atoms with van der Waals surface area (Å²) in [5.41, 5.74) is 0. The molecule has 1 saturated heterocycles. The summed E-state index contributed by atoms with van der Waals surface area (Å²) < 4.78 is 0. The van der Waals surface area contributed by atoms with Gasteiger partial charge in [0.15, 0.2) is 0 Å². The summed E-state index contributed by atoms with van der Waals surface area (Å²) in [6.45, 7) is 6.12. The fraction of sp³-hybridized carbons (Fsp3) is 0.833. The van der Waals surface area contributed by atoms with Gasteiger partial charge in [0.2, 0.25) is 11.8 Å². The van der Waals surface area contributed by atoms with Gasteiger partial charge in [-0.1, -0.05) is 13.8 Å². The van der Waals surface area contributed by atoms with Gasteiger partial charge in [-0.05, 0) is 25.3 Å². The zero-order chi connectivity index (χ0) is 12.7. The SMILES string of the molecule is CC(C)CNC(=O)CCNC(=O)[C@H]1CCCN1. The molecule has 1 heterocycles. The summed E-state index contributed by atoms with van der Waals surface area (Å²) in [7, 11) is 0. The second kappa shape index (κ2) is 7.27. The molecular formula is C12H23N3O2. The predicted octanol–water partition coefficient (Wildman–Crippen LogP) is 0.0169. The molecule has 0 aromatic heterocycles. The van der Waals surface area contributed by atoms with Crippen LogP contribution in [0.2, 0.25) is 0 Å². The van der Waals surface area contributed by atoms with E-state index in [-0.39, 0.29) is 17.9 Å². The Labute approximate surface area is 103 Å². The third-order valence-electron chi connectivity index (χ3n) is 2.74. The number of nitrogens with one attached hydrogen (secondary N) is 3. The molecule has 5 nitrogen and oxygen atoms in total. The van der Waals surface area contributed by atoms with Crippen LogP contribution in [-0.4, -0.2) is 37.5 Å². The monoisotopic (exact) mass is 241 g/mol. The minimum absolute atomic E-state index is 0.00150. The summed E-state index contributed by atoms with van der Waals surface area (Å²) in [6.07, 6.45) is 2.30. The molecule has 1 aliphatic rings. The summed E-state index contributed by atoms with van der Waals surface area (Å²) in [5, 5.41) is 8.72. The highest BCUT2D eigenvalue weighted by atomic mass is 16.2. The van der Waals surface area contributed by atoms with Gasteiger partial charge in [-0.15, -0.1) is 0 Å². The highest BCUT2D eigenvalue weighted by Crippen LogP contribution is 2.04. The Kier molecular flexibility index (Phi) is 5.97. The van der Waals surface area contributed by atoms with Crippen LogP contribution in [0.15, 0.2) is 0 Å². The molecule has 17 heavy (non-hydrogen) atoms. The molecule has 0 radical (unpaired) electrons. The molecule has 0 aliphatic carbocycles. The molecular weight excluding hydrogens is 218 g/mol. The van der Waals surface area contributed by atoms with E-state index >= 15 is 0 Å². The lowest BCUT2D eigenvalue weighted by Gasteiger charge is -2.11. The van der Waals surface area contributed by atoms with Gasteiger partial charge in [-0.3, -0.25) is 9.59 Å². The normalized spacial score (nSPS) is 19.4. The van der Waals surface area contributed by atoms with Crippen LogP contribution in [0, 0.1) is 5.92 Å². The Morgan fingerprint density at radius 1 is 1.35 bits per heavy atom. The first-order chi connectivity index (χ1) is 8.09. The van der Waals surface area contributed by atoms with Crippen LogP contribution < -0.4 is 16.0 Å². The van der Waals surface area contributed by atoms with Gasteiger partial charge < -0.3 is 16.0 Å². The molecule has 1 fully saturated rings. The second-order valence-corrected chi connectivity index (χ2v) is 4.89. The second-order valence-electron chi connectivity index (χ2n) is 4.89. The van der Waals surface area contributed by atoms with Crippen molar-refractivity contribution in [3.05, 3.63) is 0 Å². The van der Waals surface area contributed by atoms with E-state index in [9.17, 15) is 9.59 Å². The number of carbonyl (C=O) groups is 2. The maximum atomic E-state index is 11.6. The molecule has 0 bridgehead atoms. The van der Waals surface area contributed by atoms with Gasteiger partial charge in [0.25, 0.3) is 0 Å². The zero-order valence-corrected chi connectivity index (χ0v) is 10.7. The van der Waals surface area contributed by atoms with Crippen LogP contribution in [0.5, 0.6) is 0 Å². The number of hydrogen-bond donors (Lipinski definition) is 3. The van der Waals surface area contributed by atoms with Crippen LogP contribution in [0.4, 0.5) is 0 Å². The Balaban J connectivity index is 2.06. The molecule has 1 rings (SSSR count). The molecule has 0 spiro atoms. The molecule has 5 heteroatoms. The van der Waals surface area contributed by atoms with Crippen molar-refractivity contribution in [2.45, 2.75) is 39.2 Å². The van der Waals surface area contributed by atoms with Crippen molar-refractivity contribution in [2.24, 2.45) is 5.92 Å². The Morgan fingerprint density at radius 3 is 2.71 bits per heavy atom. The van der Waals surface area contributed by atoms with E-state index in [0.29, 0.717) is 25.4 Å². The number of carbonyl (C=O) groups excluding carboxylic acids is 2. The van der Waals surface area contributed by atoms with Crippen LogP contribution >= 0.6 is 0 Å². The molecule has 98 valence electrons. The lowest BCUT2D eigenvalue weighted by atomic mass is 10.2. The first kappa shape index (κ1) is 14.0. The predicted molar refractivity (Wildman–Crippen MR) is 66.5 cm³/mol. The van der Waals surface area contributed by atoms with Gasteiger partial charge in [-0.2, -0.15) is 0 Å². The van der Waals surface area contributed by atoms with Crippen molar-refractivity contribution in [1.29, 1.82) is 0 Å². The molecule has 0 aromatic carbocycles. The van der Waals surface area contributed by atoms with E-state index in [0.717, 1.165) is 19.4 Å². The van der Waals surface area contributed by atoms with E-state index in [4.69, 9.17) is 0 Å². The van der Waals surface area contributed by atoms with Crippen LogP contribution in [0.25, 0.3) is 0 Å². The van der Waals surface area contributed by atoms with E-state index in [1.54, 1.807) is 0 Å². The van der Waals surface area contributed by atoms with E-state index in [1.165, 1.54) is 0 Å². The van der Waals surface area contributed by atoms with Gasteiger partial charge in [0.1, 0.15) is 0 Å². The smallest absolute Gasteiger partial charge is 0.237 e. The Morgan fingerprint density at radius 2 is 2.12 bits per heavy atom. The van der Waals surface area contributed by atoms with Crippen LogP contribution in [0.1, 0.15) is 33.1 Å². The third-order valence-corrected chi connectivity index (χ3v) is 2.74. The number of hydrogen-bond acceptors (Lipinski definition) is 3. The maximum absolute atomic E-state index is 11.6. The molecule has 1 aliphatic heterocycles. The minimum Gasteiger partial charge on any atom is -0.356 e. The maximum Gasteiger partial charge on any atom is 0.237 e. The molecule has 0 unspecified atom stereocenters. The first-order valence-corrected chi connectivity index (χ1v) is 6.37. The number of rotatable bonds is 6. The van der Waals surface area contributed by atoms with Gasteiger partial charge in [0.05, 0.1) is 6.04 Å². The van der Waals surface area contributed by atoms with Gasteiger partial charge >= 0.3 is 0 Å². The summed E-state index contributed by atoms with van der Waals surface area (Å²) >= 11 is 0. The highest BCUT2D eigenvalue weighted by Gasteiger charge is 2.21. The summed E-state index contributed by atoms with van der Waals surface area (Å²) in [5.74, 6) is 0.466. The third kappa shape index (κ3) is 5.68. The quantitative estimate of drug-likeness (QED) is 0.614. The van der Waals surface area contributed by atoms with E-state index < -0.39 is 0 Å². The summed E-state index contributed by atoms with van der Waals surface area (Å²) in [6, 6.07) is -0.0614. The van der Waals surface area contributed by atoms with Crippen molar-refractivity contribution < 1.29 is 9.59 Å². The Hall–Kier alpha value is -1.10. The van der Waals surface area contributed by atoms with Crippen molar-refractivity contribution in [1.82, 2.24) is 16.0 Å². The summed E-state index contributed by atoms with van der Waals surface area (Å²) in [4.78, 5) is 23.0. The lowest BCUT2D eigenvalue weighted by molar-refractivity contribution is -0.123. The van der Waals surface area contributed by atoms with Gasteiger partial charge in [-0.25, -0.2) is 0 Å². The molecule has 2 amide bonds. The number of amides is 2. The largest absolute Gasteiger partial charge is 0.356 e. The Bertz CT molecular complexity index is 260. The minimum atomic E-state index is -0.0614. The molecule has 0 aromatic rings. The highest BCUT2D eigenvalue weighted by molar-refractivity contribution is 5.83. The molecule has 0 saturated carbocycles. The van der Waals surface area contributed by atoms with Crippen LogP contribution in [0.3, 0.4) is 0 Å². The average molecular weight is 241 g/mol. The fourth-order valence-corrected chi connectivity index (χ4v) is 1.74. The molecule has 1 atom stereocenters. The van der Waals surface area contributed by atoms with Gasteiger partial charge in [0, 0.05) is 19.5 Å². The standard InChI is InChI=1S/C12H23N3O2/c1-9(2)8-15-11(16)5-7-14-12(17)10-4-3-6-13-10/h9-10,13H,3-8H2,1-2H3,(H,14,17)(H,15,16)/t10-/m1/s1. The first-order valence-electron chi connectivity index (χ1n) is 6.37. The topological polar surface area (TPSA) is 70.2 Å². The lowest BCUT2D eigenvalue weighted by Crippen LogP contribution is -2.41. The zero-order valence-electron chi connectivity index (χ0n) is 10.7. The van der Waals surface area contributed by atoms with Crippen molar-refractivity contribution in [3.8, 4) is 0 Å².